The van der Waals surface area contributed by atoms with Crippen LogP contribution in [0.2, 0.25) is 0 Å². The Morgan fingerprint density at radius 2 is 1.87 bits per heavy atom. The Morgan fingerprint density at radius 1 is 1.13 bits per heavy atom. The zero-order valence-electron chi connectivity index (χ0n) is 14.3. The number of rotatable bonds is 5. The summed E-state index contributed by atoms with van der Waals surface area (Å²) in [6.07, 6.45) is 10.9. The van der Waals surface area contributed by atoms with Crippen molar-refractivity contribution in [2.24, 2.45) is 5.92 Å². The quantitative estimate of drug-likeness (QED) is 0.891. The molecule has 3 rings (SSSR count). The van der Waals surface area contributed by atoms with Crippen LogP contribution >= 0.6 is 0 Å². The van der Waals surface area contributed by atoms with E-state index in [-0.39, 0.29) is 5.91 Å². The van der Waals surface area contributed by atoms with E-state index in [0.717, 1.165) is 18.7 Å². The maximum atomic E-state index is 12.2. The first kappa shape index (κ1) is 16.4. The summed E-state index contributed by atoms with van der Waals surface area (Å²) in [6, 6.07) is 6.30. The molecule has 23 heavy (non-hydrogen) atoms. The summed E-state index contributed by atoms with van der Waals surface area (Å²) in [6.45, 7) is 2.65. The first-order valence-electron chi connectivity index (χ1n) is 9.28. The lowest BCUT2D eigenvalue weighted by atomic mass is 9.89. The van der Waals surface area contributed by atoms with Gasteiger partial charge in [-0.15, -0.1) is 0 Å². The van der Waals surface area contributed by atoms with Crippen molar-refractivity contribution in [2.75, 3.05) is 6.54 Å². The van der Waals surface area contributed by atoms with Gasteiger partial charge in [-0.2, -0.15) is 0 Å². The smallest absolute Gasteiger partial charge is 0.260 e. The summed E-state index contributed by atoms with van der Waals surface area (Å²) in [5.74, 6) is 1.49. The van der Waals surface area contributed by atoms with Crippen molar-refractivity contribution in [1.82, 2.24) is 5.32 Å². The highest BCUT2D eigenvalue weighted by atomic mass is 16.5. The van der Waals surface area contributed by atoms with Gasteiger partial charge in [-0.05, 0) is 74.6 Å². The van der Waals surface area contributed by atoms with E-state index in [1.807, 2.05) is 13.0 Å². The van der Waals surface area contributed by atoms with Gasteiger partial charge in [-0.25, -0.2) is 0 Å². The number of ether oxygens (including phenoxy) is 1. The molecule has 3 heteroatoms. The van der Waals surface area contributed by atoms with Crippen molar-refractivity contribution in [3.8, 4) is 5.75 Å². The zero-order chi connectivity index (χ0) is 16.1. The molecule has 126 valence electrons. The van der Waals surface area contributed by atoms with Crippen LogP contribution in [0.1, 0.15) is 63.0 Å². The summed E-state index contributed by atoms with van der Waals surface area (Å²) >= 11 is 0. The highest BCUT2D eigenvalue weighted by Gasteiger charge is 2.19. The molecule has 0 spiro atoms. The molecule has 2 aliphatic rings. The van der Waals surface area contributed by atoms with Crippen LogP contribution in [0.4, 0.5) is 0 Å². The minimum absolute atomic E-state index is 0.00768. The molecule has 1 atom stereocenters. The third-order valence-electron chi connectivity index (χ3n) is 5.29. The summed E-state index contributed by atoms with van der Waals surface area (Å²) in [4.78, 5) is 12.2. The van der Waals surface area contributed by atoms with Gasteiger partial charge >= 0.3 is 0 Å². The first-order chi connectivity index (χ1) is 11.2. The van der Waals surface area contributed by atoms with Crippen LogP contribution in [0.3, 0.4) is 0 Å². The maximum Gasteiger partial charge on any atom is 0.260 e. The van der Waals surface area contributed by atoms with Gasteiger partial charge in [0, 0.05) is 6.54 Å². The SMILES string of the molecule is C[C@H](Oc1ccc2c(c1)CCCC2)C(=O)NCC1CCCCC1. The molecule has 2 aliphatic carbocycles. The fourth-order valence-corrected chi connectivity index (χ4v) is 3.82. The number of carbonyl (C=O) groups is 1. The molecular weight excluding hydrogens is 286 g/mol. The number of fused-ring (bicyclic) bond motifs is 1. The average molecular weight is 315 g/mol. The lowest BCUT2D eigenvalue weighted by molar-refractivity contribution is -0.127. The number of hydrogen-bond acceptors (Lipinski definition) is 2. The number of hydrogen-bond donors (Lipinski definition) is 1. The van der Waals surface area contributed by atoms with Gasteiger partial charge in [-0.3, -0.25) is 4.79 Å². The van der Waals surface area contributed by atoms with Gasteiger partial charge in [0.2, 0.25) is 0 Å². The summed E-state index contributed by atoms with van der Waals surface area (Å²) in [5.41, 5.74) is 2.83. The summed E-state index contributed by atoms with van der Waals surface area (Å²) < 4.78 is 5.87. The molecule has 0 unspecified atom stereocenters. The maximum absolute atomic E-state index is 12.2. The largest absolute Gasteiger partial charge is 0.481 e. The lowest BCUT2D eigenvalue weighted by Crippen LogP contribution is -2.39. The van der Waals surface area contributed by atoms with E-state index >= 15 is 0 Å². The van der Waals surface area contributed by atoms with Crippen LogP contribution in [-0.2, 0) is 17.6 Å². The average Bonchev–Trinajstić information content (AvgIpc) is 2.60. The van der Waals surface area contributed by atoms with Gasteiger partial charge in [-0.1, -0.05) is 25.3 Å². The van der Waals surface area contributed by atoms with Gasteiger partial charge in [0.1, 0.15) is 5.75 Å². The molecule has 1 aromatic rings. The van der Waals surface area contributed by atoms with Crippen molar-refractivity contribution in [2.45, 2.75) is 70.8 Å². The van der Waals surface area contributed by atoms with Crippen molar-refractivity contribution in [3.05, 3.63) is 29.3 Å². The molecule has 1 N–H and O–H groups in total. The van der Waals surface area contributed by atoms with Gasteiger partial charge in [0.05, 0.1) is 0 Å². The van der Waals surface area contributed by atoms with Gasteiger partial charge in [0.15, 0.2) is 6.10 Å². The molecule has 0 bridgehead atoms. The molecular formula is C20H29NO2. The predicted octanol–water partition coefficient (Wildman–Crippen LogP) is 4.03. The highest BCUT2D eigenvalue weighted by molar-refractivity contribution is 5.80. The third kappa shape index (κ3) is 4.49. The molecule has 0 heterocycles. The third-order valence-corrected chi connectivity index (χ3v) is 5.29. The molecule has 1 amide bonds. The van der Waals surface area contributed by atoms with Gasteiger partial charge in [0.25, 0.3) is 5.91 Å². The topological polar surface area (TPSA) is 38.3 Å². The van der Waals surface area contributed by atoms with Gasteiger partial charge < -0.3 is 10.1 Å². The fraction of sp³-hybridized carbons (Fsp3) is 0.650. The van der Waals surface area contributed by atoms with Crippen LogP contribution in [0, 0.1) is 5.92 Å². The van der Waals surface area contributed by atoms with Crippen LogP contribution in [0.25, 0.3) is 0 Å². The Balaban J connectivity index is 1.49. The minimum atomic E-state index is -0.430. The van der Waals surface area contributed by atoms with E-state index in [9.17, 15) is 4.79 Å². The highest BCUT2D eigenvalue weighted by Crippen LogP contribution is 2.26. The molecule has 1 aromatic carbocycles. The Morgan fingerprint density at radius 3 is 2.65 bits per heavy atom. The molecule has 1 saturated carbocycles. The summed E-state index contributed by atoms with van der Waals surface area (Å²) in [5, 5.41) is 3.07. The van der Waals surface area contributed by atoms with E-state index in [1.165, 1.54) is 62.5 Å². The Kier molecular flexibility index (Phi) is 5.58. The normalized spacial score (nSPS) is 19.7. The predicted molar refractivity (Wildman–Crippen MR) is 92.8 cm³/mol. The zero-order valence-corrected chi connectivity index (χ0v) is 14.3. The summed E-state index contributed by atoms with van der Waals surface area (Å²) in [7, 11) is 0. The number of benzene rings is 1. The molecule has 3 nitrogen and oxygen atoms in total. The number of carbonyl (C=O) groups excluding carboxylic acids is 1. The molecule has 1 fully saturated rings. The number of aryl methyl sites for hydroxylation is 2. The molecule has 0 radical (unpaired) electrons. The lowest BCUT2D eigenvalue weighted by Gasteiger charge is -2.23. The fourth-order valence-electron chi connectivity index (χ4n) is 3.82. The monoisotopic (exact) mass is 315 g/mol. The Hall–Kier alpha value is -1.51. The van der Waals surface area contributed by atoms with E-state index in [2.05, 4.69) is 17.4 Å². The van der Waals surface area contributed by atoms with Crippen LogP contribution in [0.5, 0.6) is 5.75 Å². The standard InChI is InChI=1S/C20H29NO2/c1-15(20(22)21-14-16-7-3-2-4-8-16)23-19-12-11-17-9-5-6-10-18(17)13-19/h11-13,15-16H,2-10,14H2,1H3,(H,21,22)/t15-/m0/s1. The van der Waals surface area contributed by atoms with Crippen molar-refractivity contribution >= 4 is 5.91 Å². The van der Waals surface area contributed by atoms with E-state index in [0.29, 0.717) is 5.92 Å². The second-order valence-electron chi connectivity index (χ2n) is 7.15. The van der Waals surface area contributed by atoms with E-state index < -0.39 is 6.10 Å². The second-order valence-corrected chi connectivity index (χ2v) is 7.15. The van der Waals surface area contributed by atoms with Crippen LogP contribution < -0.4 is 10.1 Å². The molecule has 0 saturated heterocycles. The number of nitrogens with one attached hydrogen (secondary N) is 1. The van der Waals surface area contributed by atoms with Crippen LogP contribution in [0.15, 0.2) is 18.2 Å². The molecule has 0 aliphatic heterocycles. The van der Waals surface area contributed by atoms with Crippen LogP contribution in [-0.4, -0.2) is 18.6 Å². The van der Waals surface area contributed by atoms with Crippen molar-refractivity contribution < 1.29 is 9.53 Å². The van der Waals surface area contributed by atoms with Crippen molar-refractivity contribution in [1.29, 1.82) is 0 Å². The van der Waals surface area contributed by atoms with E-state index in [4.69, 9.17) is 4.74 Å². The minimum Gasteiger partial charge on any atom is -0.481 e. The Labute approximate surface area is 139 Å². The Bertz CT molecular complexity index is 534. The molecule has 0 aromatic heterocycles. The number of amides is 1. The second kappa shape index (κ2) is 7.85. The van der Waals surface area contributed by atoms with E-state index in [1.54, 1.807) is 0 Å². The first-order valence-corrected chi connectivity index (χ1v) is 9.28. The van der Waals surface area contributed by atoms with Crippen molar-refractivity contribution in [3.63, 3.8) is 0 Å².